The van der Waals surface area contributed by atoms with Crippen molar-refractivity contribution in [2.24, 2.45) is 5.92 Å². The molecule has 1 saturated heterocycles. The maximum absolute atomic E-state index is 15.8. The number of rotatable bonds is 19. The van der Waals surface area contributed by atoms with Crippen molar-refractivity contribution < 1.29 is 35.4 Å². The Bertz CT molecular complexity index is 3000. The molecule has 7 rings (SSSR count). The number of hydrogen-bond acceptors (Lipinski definition) is 10. The summed E-state index contributed by atoms with van der Waals surface area (Å²) >= 11 is 7.93. The topological polar surface area (TPSA) is 126 Å². The summed E-state index contributed by atoms with van der Waals surface area (Å²) in [4.78, 5) is 5.73. The first kappa shape index (κ1) is 51.5. The molecular weight excluding hydrogens is 960 g/mol. The number of aliphatic hydroxyl groups excluding tert-OH is 1. The minimum atomic E-state index is -3.75. The Labute approximate surface area is 410 Å². The molecule has 0 aliphatic carbocycles. The van der Waals surface area contributed by atoms with Gasteiger partial charge in [-0.15, -0.1) is 11.8 Å². The van der Waals surface area contributed by atoms with Gasteiger partial charge >= 0.3 is 0 Å². The predicted octanol–water partition coefficient (Wildman–Crippen LogP) is 11.1. The molecular formula is C52H60ClFN3O7PS3. The number of anilines is 2. The molecule has 0 radical (unpaired) electrons. The van der Waals surface area contributed by atoms with Crippen molar-refractivity contribution in [2.75, 3.05) is 67.5 Å². The van der Waals surface area contributed by atoms with Gasteiger partial charge in [0.15, 0.2) is 19.7 Å². The van der Waals surface area contributed by atoms with E-state index >= 15 is 4.39 Å². The highest BCUT2D eigenvalue weighted by atomic mass is 35.5. The molecule has 2 atom stereocenters. The monoisotopic (exact) mass is 1020 g/mol. The first-order chi connectivity index (χ1) is 32.3. The summed E-state index contributed by atoms with van der Waals surface area (Å²) in [6.07, 6.45) is 3.38. The summed E-state index contributed by atoms with van der Waals surface area (Å²) < 4.78 is 92.0. The van der Waals surface area contributed by atoms with Gasteiger partial charge in [0.25, 0.3) is 0 Å². The van der Waals surface area contributed by atoms with Crippen molar-refractivity contribution in [1.82, 2.24) is 4.57 Å². The van der Waals surface area contributed by atoms with Gasteiger partial charge in [-0.1, -0.05) is 60.1 Å². The van der Waals surface area contributed by atoms with Crippen molar-refractivity contribution in [3.63, 3.8) is 0 Å². The molecule has 1 fully saturated rings. The van der Waals surface area contributed by atoms with Crippen LogP contribution in [0.4, 0.5) is 15.8 Å². The van der Waals surface area contributed by atoms with Crippen molar-refractivity contribution >= 4 is 67.1 Å². The number of benzene rings is 5. The number of hydrogen-bond donors (Lipinski definition) is 1. The first-order valence-electron chi connectivity index (χ1n) is 22.8. The third-order valence-electron chi connectivity index (χ3n) is 12.4. The summed E-state index contributed by atoms with van der Waals surface area (Å²) in [6.45, 7) is 10.1. The van der Waals surface area contributed by atoms with E-state index in [0.29, 0.717) is 88.9 Å². The Morgan fingerprint density at radius 1 is 0.809 bits per heavy atom. The van der Waals surface area contributed by atoms with E-state index in [1.54, 1.807) is 49.9 Å². The van der Waals surface area contributed by atoms with Crippen LogP contribution in [0.2, 0.25) is 5.02 Å². The van der Waals surface area contributed by atoms with E-state index in [1.165, 1.54) is 24.5 Å². The van der Waals surface area contributed by atoms with Crippen molar-refractivity contribution in [3.05, 3.63) is 143 Å². The maximum Gasteiger partial charge on any atom is 0.236 e. The van der Waals surface area contributed by atoms with Gasteiger partial charge in [-0.2, -0.15) is 0 Å². The third kappa shape index (κ3) is 11.9. The van der Waals surface area contributed by atoms with Gasteiger partial charge in [-0.3, -0.25) is 4.57 Å². The molecule has 16 heteroatoms. The highest BCUT2D eigenvalue weighted by Crippen LogP contribution is 2.50. The zero-order chi connectivity index (χ0) is 49.0. The van der Waals surface area contributed by atoms with Crippen LogP contribution in [0.25, 0.3) is 22.4 Å². The molecule has 2 heterocycles. The van der Waals surface area contributed by atoms with E-state index in [2.05, 4.69) is 9.80 Å². The predicted molar refractivity (Wildman–Crippen MR) is 278 cm³/mol. The molecule has 0 bridgehead atoms. The standard InChI is InChI=1S/C52H60ClFN3O7PS3/c1-7-64-65(59,47-22-17-41(49(33-47)67(5,60)61)29-39(23-28-58)35-66-48-11-9-8-10-12-48)34-38-13-20-45(21-14-38)55-24-26-56(27-25-55)46-31-42(30-44(54)32-46)50-51(40-15-18-43(53)19-16-40)57(36(2)3)37(4)52(50)68(6,62)63/h8-22,30-33,36,39,58H,7,23-29,34-35H2,1-6H3/t39-,65?/m0/s1. The average Bonchev–Trinajstić information content (AvgIpc) is 3.62. The Balaban J connectivity index is 1.08. The zero-order valence-corrected chi connectivity index (χ0v) is 43.5. The summed E-state index contributed by atoms with van der Waals surface area (Å²) in [7, 11) is -11.0. The lowest BCUT2D eigenvalue weighted by molar-refractivity contribution is 0.263. The molecule has 0 saturated carbocycles. The van der Waals surface area contributed by atoms with E-state index in [-0.39, 0.29) is 41.1 Å². The lowest BCUT2D eigenvalue weighted by Crippen LogP contribution is -2.46. The van der Waals surface area contributed by atoms with Gasteiger partial charge in [0.1, 0.15) is 5.82 Å². The van der Waals surface area contributed by atoms with Gasteiger partial charge in [-0.25, -0.2) is 21.2 Å². The summed E-state index contributed by atoms with van der Waals surface area (Å²) in [6, 6.07) is 34.7. The third-order valence-corrected chi connectivity index (χ3v) is 18.8. The average molecular weight is 1020 g/mol. The minimum absolute atomic E-state index is 0.0101. The van der Waals surface area contributed by atoms with Crippen molar-refractivity contribution in [3.8, 4) is 22.4 Å². The Kier molecular flexibility index (Phi) is 16.4. The lowest BCUT2D eigenvalue weighted by atomic mass is 9.98. The van der Waals surface area contributed by atoms with Crippen LogP contribution in [0.15, 0.2) is 130 Å². The number of aliphatic hydroxyl groups is 1. The molecule has 362 valence electrons. The summed E-state index contributed by atoms with van der Waals surface area (Å²) in [5, 5.41) is 10.7. The van der Waals surface area contributed by atoms with Crippen LogP contribution >= 0.6 is 30.7 Å². The van der Waals surface area contributed by atoms with E-state index in [9.17, 15) is 26.5 Å². The van der Waals surface area contributed by atoms with E-state index in [1.807, 2.05) is 91.2 Å². The Morgan fingerprint density at radius 2 is 1.46 bits per heavy atom. The van der Waals surface area contributed by atoms with Crippen LogP contribution in [-0.4, -0.2) is 84.2 Å². The quantitative estimate of drug-likeness (QED) is 0.0619. The van der Waals surface area contributed by atoms with E-state index < -0.39 is 32.9 Å². The first-order valence-corrected chi connectivity index (χ1v) is 29.7. The van der Waals surface area contributed by atoms with Crippen LogP contribution in [0.1, 0.15) is 50.1 Å². The van der Waals surface area contributed by atoms with Crippen LogP contribution in [0.5, 0.6) is 0 Å². The molecule has 10 nitrogen and oxygen atoms in total. The van der Waals surface area contributed by atoms with Crippen LogP contribution in [0, 0.1) is 18.7 Å². The largest absolute Gasteiger partial charge is 0.396 e. The number of aromatic nitrogens is 1. The van der Waals surface area contributed by atoms with E-state index in [4.69, 9.17) is 16.1 Å². The number of nitrogens with zero attached hydrogens (tertiary/aromatic N) is 3. The molecule has 6 aromatic rings. The minimum Gasteiger partial charge on any atom is -0.396 e. The normalized spacial score (nSPS) is 14.9. The smallest absolute Gasteiger partial charge is 0.236 e. The van der Waals surface area contributed by atoms with Crippen LogP contribution < -0.4 is 15.1 Å². The van der Waals surface area contributed by atoms with Crippen molar-refractivity contribution in [2.45, 2.75) is 67.4 Å². The fraction of sp³-hybridized carbons (Fsp3) is 0.346. The van der Waals surface area contributed by atoms with Crippen LogP contribution in [-0.2, 0) is 41.3 Å². The lowest BCUT2D eigenvalue weighted by Gasteiger charge is -2.37. The van der Waals surface area contributed by atoms with Crippen molar-refractivity contribution in [1.29, 1.82) is 0 Å². The molecule has 1 aliphatic heterocycles. The molecule has 1 N–H and O–H groups in total. The van der Waals surface area contributed by atoms with E-state index in [0.717, 1.165) is 28.0 Å². The van der Waals surface area contributed by atoms with Gasteiger partial charge in [-0.05, 0) is 135 Å². The van der Waals surface area contributed by atoms with Gasteiger partial charge in [0.05, 0.1) is 28.3 Å². The fourth-order valence-corrected chi connectivity index (χ4v) is 14.9. The second-order valence-electron chi connectivity index (χ2n) is 17.7. The highest BCUT2D eigenvalue weighted by molar-refractivity contribution is 7.99. The number of sulfone groups is 2. The number of halogens is 2. The molecule has 1 aliphatic rings. The Hall–Kier alpha value is -4.40. The molecule has 1 unspecified atom stereocenters. The fourth-order valence-electron chi connectivity index (χ4n) is 9.28. The Morgan fingerprint density at radius 3 is 2.04 bits per heavy atom. The molecule has 5 aromatic carbocycles. The molecule has 0 spiro atoms. The summed E-state index contributed by atoms with van der Waals surface area (Å²) in [5.41, 5.74) is 5.97. The number of thioether (sulfide) groups is 1. The zero-order valence-electron chi connectivity index (χ0n) is 39.4. The van der Waals surface area contributed by atoms with Gasteiger partial charge < -0.3 is 24.0 Å². The van der Waals surface area contributed by atoms with Gasteiger partial charge in [0.2, 0.25) is 7.37 Å². The maximum atomic E-state index is 15.8. The van der Waals surface area contributed by atoms with Crippen LogP contribution in [0.3, 0.4) is 0 Å². The molecule has 0 amide bonds. The highest BCUT2D eigenvalue weighted by Gasteiger charge is 2.32. The molecule has 1 aromatic heterocycles. The SMILES string of the molecule is CCOP(=O)(Cc1ccc(N2CCN(c3cc(F)cc(-c4c(S(C)(=O)=O)c(C)n(C(C)C)c4-c4ccc(Cl)cc4)c3)CC2)cc1)c1ccc(C[C@H](CCO)CSc2ccccc2)c(S(C)(=O)=O)c1. The second kappa shape index (κ2) is 21.7. The second-order valence-corrected chi connectivity index (χ2v) is 25.6. The van der Waals surface area contributed by atoms with Gasteiger partial charge in [0, 0.05) is 94.9 Å². The summed E-state index contributed by atoms with van der Waals surface area (Å²) in [5.74, 6) is 0.236. The molecule has 68 heavy (non-hydrogen) atoms. The number of piperazine rings is 1.